The molecule has 1 aromatic carbocycles. The van der Waals surface area contributed by atoms with Gasteiger partial charge in [0.25, 0.3) is 0 Å². The van der Waals surface area contributed by atoms with Crippen molar-refractivity contribution in [2.75, 3.05) is 24.5 Å². The van der Waals surface area contributed by atoms with Gasteiger partial charge in [0.05, 0.1) is 0 Å². The predicted octanol–water partition coefficient (Wildman–Crippen LogP) is 4.51. The first kappa shape index (κ1) is 17.0. The number of benzene rings is 1. The minimum absolute atomic E-state index is 0.974. The maximum absolute atomic E-state index is 3.47. The third-order valence-electron chi connectivity index (χ3n) is 3.70. The van der Waals surface area contributed by atoms with Crippen LogP contribution in [0.15, 0.2) is 18.2 Å². The highest BCUT2D eigenvalue weighted by Crippen LogP contribution is 2.23. The summed E-state index contributed by atoms with van der Waals surface area (Å²) in [6.45, 7) is 13.2. The number of anilines is 1. The minimum atomic E-state index is 0.974. The van der Waals surface area contributed by atoms with E-state index in [-0.39, 0.29) is 0 Å². The zero-order valence-electron chi connectivity index (χ0n) is 13.8. The number of unbranched alkanes of at least 4 members (excludes halogenated alkanes) is 2. The number of rotatable bonds is 10. The van der Waals surface area contributed by atoms with E-state index in [1.54, 1.807) is 0 Å². The molecule has 2 nitrogen and oxygen atoms in total. The fourth-order valence-electron chi connectivity index (χ4n) is 2.47. The van der Waals surface area contributed by atoms with E-state index >= 15 is 0 Å². The molecule has 0 unspecified atom stereocenters. The summed E-state index contributed by atoms with van der Waals surface area (Å²) in [5.74, 6) is 0. The first-order valence-corrected chi connectivity index (χ1v) is 8.28. The van der Waals surface area contributed by atoms with Gasteiger partial charge in [0.1, 0.15) is 0 Å². The van der Waals surface area contributed by atoms with Gasteiger partial charge in [-0.2, -0.15) is 0 Å². The lowest BCUT2D eigenvalue weighted by Crippen LogP contribution is -2.27. The summed E-state index contributed by atoms with van der Waals surface area (Å²) in [6.07, 6.45) is 5.07. The molecule has 0 aromatic heterocycles. The zero-order chi connectivity index (χ0) is 14.8. The number of nitrogens with zero attached hydrogens (tertiary/aromatic N) is 1. The molecule has 0 aliphatic rings. The average Bonchev–Trinajstić information content (AvgIpc) is 2.46. The van der Waals surface area contributed by atoms with Gasteiger partial charge in [-0.25, -0.2) is 0 Å². The van der Waals surface area contributed by atoms with Crippen LogP contribution in [0.3, 0.4) is 0 Å². The molecule has 2 heteroatoms. The van der Waals surface area contributed by atoms with Crippen LogP contribution in [0, 0.1) is 6.92 Å². The van der Waals surface area contributed by atoms with Crippen molar-refractivity contribution in [3.8, 4) is 0 Å². The Morgan fingerprint density at radius 2 is 1.65 bits per heavy atom. The lowest BCUT2D eigenvalue weighted by molar-refractivity contribution is 0.667. The Hall–Kier alpha value is -1.02. The molecule has 20 heavy (non-hydrogen) atoms. The molecule has 0 saturated heterocycles. The molecule has 0 heterocycles. The van der Waals surface area contributed by atoms with E-state index in [4.69, 9.17) is 0 Å². The number of nitrogens with one attached hydrogen (secondary N) is 1. The van der Waals surface area contributed by atoms with Crippen LogP contribution in [0.4, 0.5) is 5.69 Å². The Bertz CT molecular complexity index is 366. The van der Waals surface area contributed by atoms with Crippen LogP contribution in [0.2, 0.25) is 0 Å². The first-order valence-electron chi connectivity index (χ1n) is 8.28. The number of aryl methyl sites for hydroxylation is 1. The number of hydrogen-bond donors (Lipinski definition) is 1. The van der Waals surface area contributed by atoms with Crippen molar-refractivity contribution in [3.05, 3.63) is 29.3 Å². The lowest BCUT2D eigenvalue weighted by atomic mass is 10.1. The summed E-state index contributed by atoms with van der Waals surface area (Å²) in [5, 5.41) is 3.47. The summed E-state index contributed by atoms with van der Waals surface area (Å²) in [5.41, 5.74) is 4.23. The largest absolute Gasteiger partial charge is 0.371 e. The van der Waals surface area contributed by atoms with Gasteiger partial charge in [-0.15, -0.1) is 0 Å². The highest BCUT2D eigenvalue weighted by Gasteiger charge is 2.10. The average molecular weight is 276 g/mol. The van der Waals surface area contributed by atoms with E-state index in [1.807, 2.05) is 0 Å². The second-order valence-electron chi connectivity index (χ2n) is 5.61. The summed E-state index contributed by atoms with van der Waals surface area (Å²) < 4.78 is 0. The topological polar surface area (TPSA) is 15.3 Å². The van der Waals surface area contributed by atoms with Crippen LogP contribution < -0.4 is 10.2 Å². The van der Waals surface area contributed by atoms with Crippen LogP contribution in [0.1, 0.15) is 57.6 Å². The highest BCUT2D eigenvalue weighted by atomic mass is 15.1. The SMILES string of the molecule is CCCCN(CCCC)c1ccc(C)cc1CNCC. The molecule has 0 spiro atoms. The van der Waals surface area contributed by atoms with Crippen molar-refractivity contribution in [3.63, 3.8) is 0 Å². The van der Waals surface area contributed by atoms with Gasteiger partial charge in [-0.05, 0) is 37.9 Å². The van der Waals surface area contributed by atoms with Gasteiger partial charge in [-0.1, -0.05) is 51.3 Å². The minimum Gasteiger partial charge on any atom is -0.371 e. The zero-order valence-corrected chi connectivity index (χ0v) is 13.8. The molecule has 0 aliphatic carbocycles. The van der Waals surface area contributed by atoms with Gasteiger partial charge in [0.15, 0.2) is 0 Å². The molecule has 0 fully saturated rings. The van der Waals surface area contributed by atoms with Gasteiger partial charge in [0, 0.05) is 25.3 Å². The lowest BCUT2D eigenvalue weighted by Gasteiger charge is -2.27. The third kappa shape index (κ3) is 5.54. The molecule has 1 aromatic rings. The quantitative estimate of drug-likeness (QED) is 0.676. The van der Waals surface area contributed by atoms with Crippen LogP contribution in [-0.2, 0) is 6.54 Å². The molecular weight excluding hydrogens is 244 g/mol. The Morgan fingerprint density at radius 3 is 2.20 bits per heavy atom. The van der Waals surface area contributed by atoms with Gasteiger partial charge < -0.3 is 10.2 Å². The summed E-state index contributed by atoms with van der Waals surface area (Å²) >= 11 is 0. The van der Waals surface area contributed by atoms with Gasteiger partial charge in [-0.3, -0.25) is 0 Å². The molecule has 0 atom stereocenters. The maximum atomic E-state index is 3.47. The predicted molar refractivity (Wildman–Crippen MR) is 90.6 cm³/mol. The van der Waals surface area contributed by atoms with Crippen LogP contribution in [0.25, 0.3) is 0 Å². The van der Waals surface area contributed by atoms with E-state index in [0.717, 1.165) is 13.1 Å². The Morgan fingerprint density at radius 1 is 1.00 bits per heavy atom. The summed E-state index contributed by atoms with van der Waals surface area (Å²) in [7, 11) is 0. The standard InChI is InChI=1S/C18H32N2/c1-5-8-12-20(13-9-6-2)18-11-10-16(4)14-17(18)15-19-7-3/h10-11,14,19H,5-9,12-13,15H2,1-4H3. The van der Waals surface area contributed by atoms with E-state index in [9.17, 15) is 0 Å². The van der Waals surface area contributed by atoms with Crippen LogP contribution >= 0.6 is 0 Å². The fourth-order valence-corrected chi connectivity index (χ4v) is 2.47. The van der Waals surface area contributed by atoms with Crippen molar-refractivity contribution in [2.24, 2.45) is 0 Å². The van der Waals surface area contributed by atoms with E-state index in [2.05, 4.69) is 56.1 Å². The van der Waals surface area contributed by atoms with Crippen molar-refractivity contribution >= 4 is 5.69 Å². The highest BCUT2D eigenvalue weighted by molar-refractivity contribution is 5.55. The monoisotopic (exact) mass is 276 g/mol. The summed E-state index contributed by atoms with van der Waals surface area (Å²) in [4.78, 5) is 2.58. The van der Waals surface area contributed by atoms with Crippen molar-refractivity contribution < 1.29 is 0 Å². The smallest absolute Gasteiger partial charge is 0.0412 e. The molecule has 1 rings (SSSR count). The van der Waals surface area contributed by atoms with Crippen molar-refractivity contribution in [1.82, 2.24) is 5.32 Å². The van der Waals surface area contributed by atoms with Crippen molar-refractivity contribution in [2.45, 2.75) is 59.9 Å². The molecule has 0 bridgehead atoms. The van der Waals surface area contributed by atoms with Crippen LogP contribution in [-0.4, -0.2) is 19.6 Å². The molecule has 0 amide bonds. The van der Waals surface area contributed by atoms with Gasteiger partial charge >= 0.3 is 0 Å². The Labute approximate surface area is 125 Å². The van der Waals surface area contributed by atoms with Gasteiger partial charge in [0.2, 0.25) is 0 Å². The maximum Gasteiger partial charge on any atom is 0.0412 e. The Kier molecular flexibility index (Phi) is 8.36. The molecule has 0 aliphatic heterocycles. The normalized spacial score (nSPS) is 10.8. The Balaban J connectivity index is 2.90. The molecular formula is C18H32N2. The van der Waals surface area contributed by atoms with Crippen molar-refractivity contribution in [1.29, 1.82) is 0 Å². The molecule has 0 saturated carbocycles. The molecule has 114 valence electrons. The van der Waals surface area contributed by atoms with E-state index in [1.165, 1.54) is 55.6 Å². The number of hydrogen-bond acceptors (Lipinski definition) is 2. The molecule has 0 radical (unpaired) electrons. The first-order chi connectivity index (χ1) is 9.72. The third-order valence-corrected chi connectivity index (χ3v) is 3.70. The van der Waals surface area contributed by atoms with E-state index in [0.29, 0.717) is 0 Å². The van der Waals surface area contributed by atoms with Crippen LogP contribution in [0.5, 0.6) is 0 Å². The second-order valence-corrected chi connectivity index (χ2v) is 5.61. The molecule has 1 N–H and O–H groups in total. The summed E-state index contributed by atoms with van der Waals surface area (Å²) in [6, 6.07) is 6.89. The second kappa shape index (κ2) is 9.82. The van der Waals surface area contributed by atoms with E-state index < -0.39 is 0 Å². The fraction of sp³-hybridized carbons (Fsp3) is 0.667.